The Morgan fingerprint density at radius 2 is 1.44 bits per heavy atom. The second-order valence-electron chi connectivity index (χ2n) is 8.92. The van der Waals surface area contributed by atoms with E-state index >= 15 is 0 Å². The molecule has 7 unspecified atom stereocenters. The molecule has 4 rings (SSSR count). The van der Waals surface area contributed by atoms with Crippen molar-refractivity contribution in [3.05, 3.63) is 0 Å². The minimum atomic E-state index is -5.53. The number of ether oxygens (including phenoxy) is 2. The second-order valence-corrected chi connectivity index (χ2v) is 8.92. The van der Waals surface area contributed by atoms with Crippen LogP contribution in [0, 0.1) is 41.4 Å². The summed E-state index contributed by atoms with van der Waals surface area (Å²) in [4.78, 5) is 0. The summed E-state index contributed by atoms with van der Waals surface area (Å²) in [5.41, 5.74) is -4.14. The van der Waals surface area contributed by atoms with Crippen LogP contribution in [0.5, 0.6) is 0 Å². The Morgan fingerprint density at radius 3 is 2.04 bits per heavy atom. The number of hydrogen-bond donors (Lipinski definition) is 0. The van der Waals surface area contributed by atoms with Crippen LogP contribution in [0.25, 0.3) is 0 Å². The number of rotatable bonds is 6. The van der Waals surface area contributed by atoms with Gasteiger partial charge in [0.15, 0.2) is 0 Å². The lowest BCUT2D eigenvalue weighted by Crippen LogP contribution is -2.60. The molecule has 7 atom stereocenters. The van der Waals surface area contributed by atoms with E-state index in [9.17, 15) is 26.3 Å². The molecule has 0 aliphatic heterocycles. The van der Waals surface area contributed by atoms with Gasteiger partial charge >= 0.3 is 12.4 Å². The third kappa shape index (κ3) is 2.92. The molecule has 0 amide bonds. The molecule has 8 heteroatoms. The van der Waals surface area contributed by atoms with Crippen LogP contribution in [0.3, 0.4) is 0 Å². The van der Waals surface area contributed by atoms with Crippen LogP contribution < -0.4 is 0 Å². The summed E-state index contributed by atoms with van der Waals surface area (Å²) in [5.74, 6) is 1.73. The van der Waals surface area contributed by atoms with Gasteiger partial charge in [-0.25, -0.2) is 0 Å². The monoisotopic (exact) mass is 400 g/mol. The summed E-state index contributed by atoms with van der Waals surface area (Å²) in [6.45, 7) is 0.483. The zero-order chi connectivity index (χ0) is 19.6. The predicted molar refractivity (Wildman–Crippen MR) is 84.6 cm³/mol. The zero-order valence-corrected chi connectivity index (χ0v) is 15.3. The standard InChI is InChI=1S/C19H26F6O2/c1-2-26-9-27-17(18(20,21)22,19(23,24)25)8-13-6-12-7-14(13)16-11-4-3-10(5-11)15(12)16/h10-16H,2-9H2,1H3. The van der Waals surface area contributed by atoms with Crippen LogP contribution >= 0.6 is 0 Å². The second kappa shape index (κ2) is 6.51. The predicted octanol–water partition coefficient (Wildman–Crippen LogP) is 5.57. The minimum absolute atomic E-state index is 0.00720. The van der Waals surface area contributed by atoms with Crippen molar-refractivity contribution in [2.75, 3.05) is 13.4 Å². The van der Waals surface area contributed by atoms with Gasteiger partial charge in [0.25, 0.3) is 5.60 Å². The molecule has 4 saturated carbocycles. The minimum Gasteiger partial charge on any atom is -0.356 e. The number of fused-ring (bicyclic) bond motifs is 9. The number of alkyl halides is 6. The van der Waals surface area contributed by atoms with E-state index in [0.29, 0.717) is 36.0 Å². The van der Waals surface area contributed by atoms with E-state index in [1.807, 2.05) is 0 Å². The Bertz CT molecular complexity index is 545. The number of hydrogen-bond acceptors (Lipinski definition) is 2. The van der Waals surface area contributed by atoms with E-state index in [-0.39, 0.29) is 12.5 Å². The SMILES string of the molecule is CCOCOC(CC1CC2CC1C1C3CCC(C3)C21)(C(F)(F)F)C(F)(F)F. The highest BCUT2D eigenvalue weighted by Crippen LogP contribution is 2.70. The topological polar surface area (TPSA) is 18.5 Å². The fourth-order valence-electron chi connectivity index (χ4n) is 7.15. The fourth-order valence-corrected chi connectivity index (χ4v) is 7.15. The van der Waals surface area contributed by atoms with E-state index in [4.69, 9.17) is 4.74 Å². The van der Waals surface area contributed by atoms with E-state index in [2.05, 4.69) is 4.74 Å². The Morgan fingerprint density at radius 1 is 0.815 bits per heavy atom. The van der Waals surface area contributed by atoms with E-state index < -0.39 is 37.1 Å². The van der Waals surface area contributed by atoms with Gasteiger partial charge in [-0.05, 0) is 86.9 Å². The largest absolute Gasteiger partial charge is 0.426 e. The van der Waals surface area contributed by atoms with Gasteiger partial charge in [-0.1, -0.05) is 0 Å². The lowest BCUT2D eigenvalue weighted by atomic mass is 9.65. The Kier molecular flexibility index (Phi) is 4.77. The van der Waals surface area contributed by atoms with E-state index in [1.165, 1.54) is 13.3 Å². The summed E-state index contributed by atoms with van der Waals surface area (Å²) in [5, 5.41) is 0. The molecule has 0 aromatic carbocycles. The van der Waals surface area contributed by atoms with Crippen molar-refractivity contribution in [3.8, 4) is 0 Å². The van der Waals surface area contributed by atoms with Crippen LogP contribution in [0.2, 0.25) is 0 Å². The third-order valence-corrected chi connectivity index (χ3v) is 7.93. The lowest BCUT2D eigenvalue weighted by Gasteiger charge is -2.43. The molecule has 4 aliphatic carbocycles. The van der Waals surface area contributed by atoms with Crippen molar-refractivity contribution in [2.24, 2.45) is 41.4 Å². The van der Waals surface area contributed by atoms with Gasteiger partial charge in [-0.2, -0.15) is 26.3 Å². The van der Waals surface area contributed by atoms with Gasteiger partial charge in [0.1, 0.15) is 6.79 Å². The van der Waals surface area contributed by atoms with Crippen LogP contribution in [-0.4, -0.2) is 31.4 Å². The quantitative estimate of drug-likeness (QED) is 0.251. The maximum absolute atomic E-state index is 13.7. The molecule has 4 fully saturated rings. The van der Waals surface area contributed by atoms with Gasteiger partial charge < -0.3 is 9.47 Å². The summed E-state index contributed by atoms with van der Waals surface area (Å²) in [6, 6.07) is 0. The lowest BCUT2D eigenvalue weighted by molar-refractivity contribution is -0.398. The van der Waals surface area contributed by atoms with Crippen molar-refractivity contribution in [3.63, 3.8) is 0 Å². The maximum atomic E-state index is 13.7. The molecule has 0 radical (unpaired) electrons. The van der Waals surface area contributed by atoms with Gasteiger partial charge in [0.2, 0.25) is 0 Å². The molecule has 0 N–H and O–H groups in total. The van der Waals surface area contributed by atoms with Gasteiger partial charge in [0.05, 0.1) is 0 Å². The maximum Gasteiger partial charge on any atom is 0.426 e. The Hall–Kier alpha value is -0.500. The van der Waals surface area contributed by atoms with Gasteiger partial charge in [-0.15, -0.1) is 0 Å². The highest BCUT2D eigenvalue weighted by atomic mass is 19.4. The average Bonchev–Trinajstić information content (AvgIpc) is 3.30. The molecule has 27 heavy (non-hydrogen) atoms. The molecule has 4 bridgehead atoms. The van der Waals surface area contributed by atoms with E-state index in [0.717, 1.165) is 19.3 Å². The van der Waals surface area contributed by atoms with Crippen molar-refractivity contribution in [2.45, 2.75) is 63.4 Å². The smallest absolute Gasteiger partial charge is 0.356 e. The van der Waals surface area contributed by atoms with Crippen molar-refractivity contribution in [1.82, 2.24) is 0 Å². The van der Waals surface area contributed by atoms with Crippen molar-refractivity contribution in [1.29, 1.82) is 0 Å². The molecule has 0 aromatic heterocycles. The van der Waals surface area contributed by atoms with E-state index in [1.54, 1.807) is 0 Å². The van der Waals surface area contributed by atoms with Crippen LogP contribution in [-0.2, 0) is 9.47 Å². The van der Waals surface area contributed by atoms with Gasteiger partial charge in [-0.3, -0.25) is 0 Å². The fraction of sp³-hybridized carbons (Fsp3) is 1.00. The Balaban J connectivity index is 1.57. The first kappa shape index (κ1) is 19.8. The van der Waals surface area contributed by atoms with Crippen LogP contribution in [0.15, 0.2) is 0 Å². The van der Waals surface area contributed by atoms with Crippen LogP contribution in [0.1, 0.15) is 45.4 Å². The first-order valence-electron chi connectivity index (χ1n) is 9.94. The molecule has 0 saturated heterocycles. The third-order valence-electron chi connectivity index (χ3n) is 7.93. The summed E-state index contributed by atoms with van der Waals surface area (Å²) >= 11 is 0. The molecule has 0 aromatic rings. The van der Waals surface area contributed by atoms with Crippen molar-refractivity contribution < 1.29 is 35.8 Å². The molecule has 4 aliphatic rings. The summed E-state index contributed by atoms with van der Waals surface area (Å²) in [6.07, 6.45) is -7.42. The highest BCUT2D eigenvalue weighted by molar-refractivity contribution is 5.12. The molecular formula is C19H26F6O2. The summed E-state index contributed by atoms with van der Waals surface area (Å²) in [7, 11) is 0. The molecular weight excluding hydrogens is 374 g/mol. The first-order chi connectivity index (χ1) is 12.6. The normalized spacial score (nSPS) is 40.8. The summed E-state index contributed by atoms with van der Waals surface area (Å²) < 4.78 is 91.4. The van der Waals surface area contributed by atoms with Crippen molar-refractivity contribution >= 4 is 0 Å². The molecule has 156 valence electrons. The zero-order valence-electron chi connectivity index (χ0n) is 15.3. The molecule has 0 spiro atoms. The van der Waals surface area contributed by atoms with Gasteiger partial charge in [0, 0.05) is 6.61 Å². The Labute approximate surface area is 155 Å². The average molecular weight is 400 g/mol. The van der Waals surface area contributed by atoms with Crippen LogP contribution in [0.4, 0.5) is 26.3 Å². The first-order valence-corrected chi connectivity index (χ1v) is 9.94. The highest BCUT2D eigenvalue weighted by Gasteiger charge is 2.74. The number of halogens is 6. The molecule has 0 heterocycles. The molecule has 2 nitrogen and oxygen atoms in total.